The number of hydrogen-bond acceptors (Lipinski definition) is 10. The normalized spacial score (nSPS) is 22.2. The number of ether oxygens (including phenoxy) is 3. The molecule has 2 atom stereocenters. The highest BCUT2D eigenvalue weighted by Crippen LogP contribution is 2.49. The van der Waals surface area contributed by atoms with Gasteiger partial charge in [0.05, 0.1) is 35.3 Å². The average Bonchev–Trinajstić information content (AvgIpc) is 3.47. The Balaban J connectivity index is 0.000000487. The lowest BCUT2D eigenvalue weighted by molar-refractivity contribution is -0.172. The molecule has 13 heteroatoms. The predicted octanol–water partition coefficient (Wildman–Crippen LogP) is 1.26. The smallest absolute Gasteiger partial charge is 0.343 e. The maximum atomic E-state index is 13.5. The molecule has 12 nitrogen and oxygen atoms in total. The van der Waals surface area contributed by atoms with Crippen molar-refractivity contribution in [1.82, 2.24) is 9.55 Å². The van der Waals surface area contributed by atoms with E-state index in [1.165, 1.54) is 0 Å². The van der Waals surface area contributed by atoms with Gasteiger partial charge >= 0.3 is 5.97 Å². The Bertz CT molecular complexity index is 1720. The molecule has 3 aliphatic heterocycles. The molecule has 2 aromatic heterocycles. The average molecular weight is 544 g/mol. The van der Waals surface area contributed by atoms with Crippen molar-refractivity contribution in [1.29, 1.82) is 0 Å². The number of rotatable bonds is 1. The summed E-state index contributed by atoms with van der Waals surface area (Å²) in [5.41, 5.74) is 9.98. The van der Waals surface area contributed by atoms with Crippen LogP contribution < -0.4 is 20.8 Å². The number of aliphatic hydroxyl groups is 1. The Hall–Kier alpha value is -3.52. The molecule has 200 valence electrons. The molecule has 0 bridgehead atoms. The van der Waals surface area contributed by atoms with Gasteiger partial charge in [0.1, 0.15) is 6.61 Å². The Morgan fingerprint density at radius 3 is 2.63 bits per heavy atom. The molecule has 3 aromatic rings. The summed E-state index contributed by atoms with van der Waals surface area (Å²) in [5.74, 6) is 0.681. The van der Waals surface area contributed by atoms with Crippen LogP contribution in [-0.2, 0) is 44.8 Å². The number of carbonyl (C=O) groups is 1. The van der Waals surface area contributed by atoms with Gasteiger partial charge in [-0.1, -0.05) is 6.92 Å². The van der Waals surface area contributed by atoms with Gasteiger partial charge in [-0.2, -0.15) is 8.42 Å². The van der Waals surface area contributed by atoms with Gasteiger partial charge in [0, 0.05) is 34.2 Å². The molecule has 1 aromatic carbocycles. The molecule has 0 radical (unpaired) electrons. The molecular formula is C25H25N3O9S. The van der Waals surface area contributed by atoms with Crippen molar-refractivity contribution in [3.63, 3.8) is 0 Å². The number of aromatic nitrogens is 2. The summed E-state index contributed by atoms with van der Waals surface area (Å²) in [4.78, 5) is 30.8. The molecule has 1 aliphatic carbocycles. The molecule has 4 aliphatic rings. The number of hydrogen-bond donors (Lipinski definition) is 3. The first kappa shape index (κ1) is 24.8. The zero-order valence-electron chi connectivity index (χ0n) is 20.6. The van der Waals surface area contributed by atoms with Crippen LogP contribution in [0.3, 0.4) is 0 Å². The first-order chi connectivity index (χ1) is 17.9. The molecule has 4 N–H and O–H groups in total. The Morgan fingerprint density at radius 1 is 1.18 bits per heavy atom. The number of fused-ring (bicyclic) bond motifs is 7. The van der Waals surface area contributed by atoms with E-state index in [1.807, 2.05) is 6.07 Å². The molecule has 7 rings (SSSR count). The summed E-state index contributed by atoms with van der Waals surface area (Å²) in [7, 11) is -3.67. The highest BCUT2D eigenvalue weighted by atomic mass is 32.2. The van der Waals surface area contributed by atoms with Gasteiger partial charge in [-0.05, 0) is 30.9 Å². The van der Waals surface area contributed by atoms with Gasteiger partial charge in [0.2, 0.25) is 6.79 Å². The lowest BCUT2D eigenvalue weighted by Crippen LogP contribution is -2.44. The van der Waals surface area contributed by atoms with Crippen molar-refractivity contribution >= 4 is 27.0 Å². The first-order valence-electron chi connectivity index (χ1n) is 12.1. The minimum absolute atomic E-state index is 0.0999. The zero-order chi connectivity index (χ0) is 27.1. The minimum atomic E-state index is -3.67. The van der Waals surface area contributed by atoms with Gasteiger partial charge in [-0.3, -0.25) is 9.35 Å². The van der Waals surface area contributed by atoms with E-state index in [1.54, 1.807) is 17.6 Å². The van der Waals surface area contributed by atoms with Gasteiger partial charge in [0.25, 0.3) is 15.7 Å². The van der Waals surface area contributed by atoms with E-state index in [0.717, 1.165) is 46.2 Å². The third-order valence-corrected chi connectivity index (χ3v) is 7.53. The number of aryl methyl sites for hydroxylation is 1. The standard InChI is InChI=1S/C24H21N3O6.CH4O3S/c1-2-24(30)13-5-16-20-11(7-27(16)22(28)12(13)8-31-23(24)29)18-14(25)4-3-10-19(18)15(26-20)6-17-21(10)33-9-32-17;1-5(2,3)4/h5-6,14,30H,2-4,7-9,25H2,1H3;1H3,(H,2,3,4)/t14-,24-;/m0./s1. The number of nitrogens with zero attached hydrogens (tertiary/aromatic N) is 2. The van der Waals surface area contributed by atoms with E-state index in [9.17, 15) is 23.1 Å². The summed E-state index contributed by atoms with van der Waals surface area (Å²) in [6.07, 6.45) is 2.33. The minimum Gasteiger partial charge on any atom is -0.458 e. The fourth-order valence-electron chi connectivity index (χ4n) is 5.83. The van der Waals surface area contributed by atoms with Gasteiger partial charge < -0.3 is 29.6 Å². The van der Waals surface area contributed by atoms with Crippen molar-refractivity contribution in [2.24, 2.45) is 5.73 Å². The Kier molecular flexibility index (Phi) is 5.38. The number of pyridine rings is 2. The molecule has 0 saturated heterocycles. The Labute approximate surface area is 216 Å². The lowest BCUT2D eigenvalue weighted by atomic mass is 9.83. The summed E-state index contributed by atoms with van der Waals surface area (Å²) in [6, 6.07) is 3.39. The second-order valence-corrected chi connectivity index (χ2v) is 11.3. The van der Waals surface area contributed by atoms with Crippen LogP contribution in [0.2, 0.25) is 0 Å². The van der Waals surface area contributed by atoms with E-state index in [-0.39, 0.29) is 31.4 Å². The van der Waals surface area contributed by atoms with Crippen LogP contribution >= 0.6 is 0 Å². The molecular weight excluding hydrogens is 518 g/mol. The second-order valence-electron chi connectivity index (χ2n) is 9.82. The summed E-state index contributed by atoms with van der Waals surface area (Å²) in [5, 5.41) is 12.1. The van der Waals surface area contributed by atoms with Crippen molar-refractivity contribution in [3.05, 3.63) is 50.3 Å². The van der Waals surface area contributed by atoms with Crippen molar-refractivity contribution in [2.75, 3.05) is 13.0 Å². The summed E-state index contributed by atoms with van der Waals surface area (Å²) < 4.78 is 44.1. The van der Waals surface area contributed by atoms with Gasteiger partial charge in [-0.25, -0.2) is 9.78 Å². The molecule has 38 heavy (non-hydrogen) atoms. The number of nitrogens with two attached hydrogens (primary N) is 1. The van der Waals surface area contributed by atoms with Crippen LogP contribution in [0.4, 0.5) is 0 Å². The molecule has 0 saturated carbocycles. The monoisotopic (exact) mass is 543 g/mol. The molecule has 0 spiro atoms. The second kappa shape index (κ2) is 8.24. The van der Waals surface area contributed by atoms with E-state index in [0.29, 0.717) is 41.1 Å². The van der Waals surface area contributed by atoms with Gasteiger partial charge in [-0.15, -0.1) is 0 Å². The summed E-state index contributed by atoms with van der Waals surface area (Å²) in [6.45, 7) is 2.04. The fourth-order valence-corrected chi connectivity index (χ4v) is 5.83. The van der Waals surface area contributed by atoms with Crippen LogP contribution in [0, 0.1) is 0 Å². The SMILES string of the molecule is CC[C@@]1(O)C(=O)OCc2c1cc1n(c2=O)Cc2c-1nc1cc3c(c4c1c2[C@@H](N)CC4)OCO3.CS(=O)(=O)O. The number of cyclic esters (lactones) is 1. The van der Waals surface area contributed by atoms with E-state index >= 15 is 0 Å². The third-order valence-electron chi connectivity index (χ3n) is 7.53. The van der Waals surface area contributed by atoms with Crippen molar-refractivity contribution in [3.8, 4) is 22.9 Å². The Morgan fingerprint density at radius 2 is 1.92 bits per heavy atom. The van der Waals surface area contributed by atoms with E-state index in [2.05, 4.69) is 0 Å². The van der Waals surface area contributed by atoms with E-state index < -0.39 is 21.7 Å². The lowest BCUT2D eigenvalue weighted by Gasteiger charge is -2.31. The predicted molar refractivity (Wildman–Crippen MR) is 133 cm³/mol. The van der Waals surface area contributed by atoms with E-state index in [4.69, 9.17) is 29.5 Å². The maximum Gasteiger partial charge on any atom is 0.343 e. The largest absolute Gasteiger partial charge is 0.458 e. The van der Waals surface area contributed by atoms with Crippen LogP contribution in [-0.4, -0.2) is 46.6 Å². The fraction of sp³-hybridized carbons (Fsp3) is 0.400. The van der Waals surface area contributed by atoms with Gasteiger partial charge in [0.15, 0.2) is 17.1 Å². The molecule has 0 amide bonds. The quantitative estimate of drug-likeness (QED) is 0.232. The topological polar surface area (TPSA) is 180 Å². The molecule has 5 heterocycles. The molecule has 0 fully saturated rings. The maximum absolute atomic E-state index is 13.5. The van der Waals surface area contributed by atoms with Crippen LogP contribution in [0.5, 0.6) is 11.5 Å². The van der Waals surface area contributed by atoms with Crippen LogP contribution in [0.25, 0.3) is 22.3 Å². The van der Waals surface area contributed by atoms with Crippen LogP contribution in [0.15, 0.2) is 16.9 Å². The number of carbonyl (C=O) groups excluding carboxylic acids is 1. The van der Waals surface area contributed by atoms with Crippen molar-refractivity contribution < 1.29 is 37.1 Å². The summed E-state index contributed by atoms with van der Waals surface area (Å²) >= 11 is 0. The third kappa shape index (κ3) is 3.53. The van der Waals surface area contributed by atoms with Crippen LogP contribution in [0.1, 0.15) is 53.6 Å². The number of esters is 1. The zero-order valence-corrected chi connectivity index (χ0v) is 21.4. The first-order valence-corrected chi connectivity index (χ1v) is 13.9. The number of benzene rings is 1. The highest BCUT2D eigenvalue weighted by molar-refractivity contribution is 7.85. The molecule has 0 unspecified atom stereocenters. The highest BCUT2D eigenvalue weighted by Gasteiger charge is 2.46. The van der Waals surface area contributed by atoms with Crippen molar-refractivity contribution in [2.45, 2.75) is 51.0 Å².